The average Bonchev–Trinajstić information content (AvgIpc) is 2.98. The number of likely N-dealkylation sites (tertiary alicyclic amines) is 1. The fourth-order valence-corrected chi connectivity index (χ4v) is 5.98. The number of piperidine rings is 1. The van der Waals surface area contributed by atoms with Gasteiger partial charge in [0.15, 0.2) is 0 Å². The molecule has 4 saturated heterocycles. The van der Waals surface area contributed by atoms with Crippen molar-refractivity contribution in [2.45, 2.75) is 57.4 Å². The molecular weight excluding hydrogens is 351 g/mol. The Labute approximate surface area is 168 Å². The van der Waals surface area contributed by atoms with E-state index in [1.807, 2.05) is 6.07 Å². The minimum Gasteiger partial charge on any atom is -0.303 e. The second kappa shape index (κ2) is 7.87. The van der Waals surface area contributed by atoms with Crippen molar-refractivity contribution in [3.05, 3.63) is 35.1 Å². The SMILES string of the molecule is O=C(C1CC(c2ccc(CN3CCCC3)c(F)c2)C1)C1CC2CCN(CC2)C1. The molecule has 2 bridgehead atoms. The summed E-state index contributed by atoms with van der Waals surface area (Å²) in [6.45, 7) is 6.27. The highest BCUT2D eigenvalue weighted by atomic mass is 19.1. The second-order valence-electron chi connectivity index (χ2n) is 9.78. The highest BCUT2D eigenvalue weighted by Gasteiger charge is 2.41. The highest BCUT2D eigenvalue weighted by molar-refractivity contribution is 5.84. The zero-order valence-corrected chi connectivity index (χ0v) is 16.9. The third-order valence-electron chi connectivity index (χ3n) is 7.89. The number of nitrogens with zero attached hydrogens (tertiary/aromatic N) is 2. The van der Waals surface area contributed by atoms with E-state index in [0.29, 0.717) is 11.7 Å². The van der Waals surface area contributed by atoms with Gasteiger partial charge < -0.3 is 4.90 Å². The molecule has 5 fully saturated rings. The lowest BCUT2D eigenvalue weighted by Crippen LogP contribution is -2.38. The van der Waals surface area contributed by atoms with Crippen LogP contribution in [0.3, 0.4) is 0 Å². The number of ketones is 1. The molecule has 1 aliphatic carbocycles. The van der Waals surface area contributed by atoms with Gasteiger partial charge in [0.2, 0.25) is 0 Å². The standard InChI is InChI=1S/C24H33FN2O/c25-23-14-18(3-4-19(23)15-26-7-1-2-8-26)20-12-21(13-20)24(28)22-11-17-5-9-27(16-22)10-6-17/h3-4,14,17,20-22H,1-2,5-13,15-16H2. The maximum atomic E-state index is 14.6. The molecule has 152 valence electrons. The third-order valence-corrected chi connectivity index (χ3v) is 7.89. The van der Waals surface area contributed by atoms with Crippen molar-refractivity contribution >= 4 is 5.78 Å². The molecule has 0 aromatic heterocycles. The van der Waals surface area contributed by atoms with Gasteiger partial charge in [0.05, 0.1) is 0 Å². The van der Waals surface area contributed by atoms with E-state index in [0.717, 1.165) is 62.5 Å². The van der Waals surface area contributed by atoms with Gasteiger partial charge in [-0.05, 0) is 94.6 Å². The van der Waals surface area contributed by atoms with E-state index in [1.165, 1.54) is 38.8 Å². The fraction of sp³-hybridized carbons (Fsp3) is 0.708. The summed E-state index contributed by atoms with van der Waals surface area (Å²) < 4.78 is 14.6. The van der Waals surface area contributed by atoms with E-state index in [1.54, 1.807) is 6.07 Å². The van der Waals surface area contributed by atoms with Gasteiger partial charge in [-0.3, -0.25) is 9.69 Å². The molecule has 0 radical (unpaired) electrons. The Morgan fingerprint density at radius 1 is 1.00 bits per heavy atom. The van der Waals surface area contributed by atoms with Crippen LogP contribution in [0.2, 0.25) is 0 Å². The number of hydrogen-bond acceptors (Lipinski definition) is 3. The molecule has 0 N–H and O–H groups in total. The van der Waals surface area contributed by atoms with Crippen LogP contribution in [0.1, 0.15) is 62.0 Å². The zero-order chi connectivity index (χ0) is 19.1. The van der Waals surface area contributed by atoms with Crippen LogP contribution in [0.25, 0.3) is 0 Å². The number of benzene rings is 1. The lowest BCUT2D eigenvalue weighted by molar-refractivity contribution is -0.130. The molecule has 5 aliphatic rings. The Morgan fingerprint density at radius 2 is 1.75 bits per heavy atom. The summed E-state index contributed by atoms with van der Waals surface area (Å²) in [5.74, 6) is 2.03. The first-order chi connectivity index (χ1) is 13.7. The molecule has 4 heterocycles. The monoisotopic (exact) mass is 384 g/mol. The van der Waals surface area contributed by atoms with Crippen LogP contribution in [-0.4, -0.2) is 48.3 Å². The van der Waals surface area contributed by atoms with Crippen LogP contribution in [0.15, 0.2) is 18.2 Å². The summed E-state index contributed by atoms with van der Waals surface area (Å²) >= 11 is 0. The molecule has 1 atom stereocenters. The number of rotatable bonds is 5. The first-order valence-electron chi connectivity index (χ1n) is 11.4. The minimum atomic E-state index is -0.0627. The van der Waals surface area contributed by atoms with Crippen molar-refractivity contribution in [2.24, 2.45) is 17.8 Å². The molecule has 1 aromatic rings. The lowest BCUT2D eigenvalue weighted by atomic mass is 9.67. The van der Waals surface area contributed by atoms with E-state index >= 15 is 0 Å². The van der Waals surface area contributed by atoms with E-state index in [4.69, 9.17) is 0 Å². The number of fused-ring (bicyclic) bond motifs is 4. The van der Waals surface area contributed by atoms with E-state index < -0.39 is 0 Å². The minimum absolute atomic E-state index is 0.0627. The number of halogens is 1. The summed E-state index contributed by atoms with van der Waals surface area (Å²) in [5, 5.41) is 0. The summed E-state index contributed by atoms with van der Waals surface area (Å²) in [6, 6.07) is 5.83. The highest BCUT2D eigenvalue weighted by Crippen LogP contribution is 2.45. The topological polar surface area (TPSA) is 23.6 Å². The van der Waals surface area contributed by atoms with Crippen LogP contribution in [0, 0.1) is 23.6 Å². The molecule has 3 nitrogen and oxygen atoms in total. The van der Waals surface area contributed by atoms with E-state index in [9.17, 15) is 9.18 Å². The second-order valence-corrected chi connectivity index (χ2v) is 9.78. The van der Waals surface area contributed by atoms with Gasteiger partial charge in [0, 0.05) is 30.5 Å². The van der Waals surface area contributed by atoms with Gasteiger partial charge in [-0.1, -0.05) is 12.1 Å². The van der Waals surface area contributed by atoms with Crippen molar-refractivity contribution in [2.75, 3.05) is 32.7 Å². The predicted molar refractivity (Wildman–Crippen MR) is 109 cm³/mol. The van der Waals surface area contributed by atoms with Crippen molar-refractivity contribution in [3.63, 3.8) is 0 Å². The normalized spacial score (nSPS) is 35.5. The molecule has 6 rings (SSSR count). The number of carbonyl (C=O) groups is 1. The molecule has 4 heteroatoms. The first-order valence-corrected chi connectivity index (χ1v) is 11.4. The van der Waals surface area contributed by atoms with Crippen LogP contribution < -0.4 is 0 Å². The van der Waals surface area contributed by atoms with Crippen molar-refractivity contribution < 1.29 is 9.18 Å². The smallest absolute Gasteiger partial charge is 0.140 e. The Morgan fingerprint density at radius 3 is 2.46 bits per heavy atom. The number of carbonyl (C=O) groups excluding carboxylic acids is 1. The van der Waals surface area contributed by atoms with Gasteiger partial charge in [-0.15, -0.1) is 0 Å². The van der Waals surface area contributed by atoms with Crippen LogP contribution in [0.4, 0.5) is 4.39 Å². The molecule has 0 amide bonds. The summed E-state index contributed by atoms with van der Waals surface area (Å²) in [7, 11) is 0. The van der Waals surface area contributed by atoms with Gasteiger partial charge in [-0.2, -0.15) is 0 Å². The van der Waals surface area contributed by atoms with Gasteiger partial charge >= 0.3 is 0 Å². The largest absolute Gasteiger partial charge is 0.303 e. The maximum absolute atomic E-state index is 14.6. The number of Topliss-reactive ketones (excluding diaryl/α,β-unsaturated/α-hetero) is 1. The molecule has 4 aliphatic heterocycles. The summed E-state index contributed by atoms with van der Waals surface area (Å²) in [5.41, 5.74) is 1.91. The fourth-order valence-electron chi connectivity index (χ4n) is 5.98. The molecule has 1 saturated carbocycles. The van der Waals surface area contributed by atoms with Crippen LogP contribution in [-0.2, 0) is 11.3 Å². The predicted octanol–water partition coefficient (Wildman–Crippen LogP) is 4.22. The summed E-state index contributed by atoms with van der Waals surface area (Å²) in [6.07, 6.45) is 7.97. The van der Waals surface area contributed by atoms with Crippen molar-refractivity contribution in [3.8, 4) is 0 Å². The van der Waals surface area contributed by atoms with Crippen molar-refractivity contribution in [1.29, 1.82) is 0 Å². The van der Waals surface area contributed by atoms with Gasteiger partial charge in [0.1, 0.15) is 11.6 Å². The quantitative estimate of drug-likeness (QED) is 0.760. The molecule has 1 aromatic carbocycles. The Hall–Kier alpha value is -1.26. The average molecular weight is 385 g/mol. The third kappa shape index (κ3) is 3.78. The van der Waals surface area contributed by atoms with Gasteiger partial charge in [-0.25, -0.2) is 4.39 Å². The maximum Gasteiger partial charge on any atom is 0.140 e. The lowest BCUT2D eigenvalue weighted by Gasteiger charge is -2.37. The van der Waals surface area contributed by atoms with Crippen molar-refractivity contribution in [1.82, 2.24) is 9.80 Å². The Balaban J connectivity index is 1.17. The summed E-state index contributed by atoms with van der Waals surface area (Å²) in [4.78, 5) is 17.9. The molecule has 1 unspecified atom stereocenters. The van der Waals surface area contributed by atoms with E-state index in [2.05, 4.69) is 15.9 Å². The Kier molecular flexibility index (Phi) is 5.27. The molecule has 28 heavy (non-hydrogen) atoms. The first kappa shape index (κ1) is 18.7. The zero-order valence-electron chi connectivity index (χ0n) is 16.9. The van der Waals surface area contributed by atoms with Gasteiger partial charge in [0.25, 0.3) is 0 Å². The van der Waals surface area contributed by atoms with E-state index in [-0.39, 0.29) is 17.7 Å². The molecular formula is C24H33FN2O. The Bertz CT molecular complexity index is 701. The van der Waals surface area contributed by atoms with Crippen LogP contribution >= 0.6 is 0 Å². The number of hydrogen-bond donors (Lipinski definition) is 0. The molecule has 0 spiro atoms. The van der Waals surface area contributed by atoms with Crippen LogP contribution in [0.5, 0.6) is 0 Å².